The van der Waals surface area contributed by atoms with Crippen molar-refractivity contribution in [2.45, 2.75) is 57.4 Å². The van der Waals surface area contributed by atoms with Gasteiger partial charge in [-0.1, -0.05) is 49.6 Å². The van der Waals surface area contributed by atoms with Gasteiger partial charge in [-0.2, -0.15) is 0 Å². The lowest BCUT2D eigenvalue weighted by molar-refractivity contribution is 0.117. The largest absolute Gasteiger partial charge is 0.300 e. The van der Waals surface area contributed by atoms with Gasteiger partial charge in [0.15, 0.2) is 0 Å². The normalized spacial score (nSPS) is 23.6. The molecule has 104 valence electrons. The third-order valence-electron chi connectivity index (χ3n) is 5.09. The number of nitrogens with zero attached hydrogens (tertiary/aromatic N) is 1. The molecule has 1 aromatic carbocycles. The summed E-state index contributed by atoms with van der Waals surface area (Å²) in [5.41, 5.74) is 1.53. The number of likely N-dealkylation sites (tertiary alicyclic amines) is 1. The fourth-order valence-electron chi connectivity index (χ4n) is 4.04. The molecule has 0 amide bonds. The van der Waals surface area contributed by atoms with Crippen LogP contribution in [0.15, 0.2) is 30.3 Å². The second-order valence-corrected chi connectivity index (χ2v) is 6.40. The summed E-state index contributed by atoms with van der Waals surface area (Å²) < 4.78 is 0. The van der Waals surface area contributed by atoms with Crippen molar-refractivity contribution in [3.63, 3.8) is 0 Å². The Hall–Kier alpha value is -0.820. The maximum Gasteiger partial charge on any atom is 0.0164 e. The van der Waals surface area contributed by atoms with Crippen LogP contribution < -0.4 is 0 Å². The van der Waals surface area contributed by atoms with E-state index in [0.29, 0.717) is 0 Å². The number of hydrogen-bond acceptors (Lipinski definition) is 1. The first-order chi connectivity index (χ1) is 9.43. The molecule has 0 radical (unpaired) electrons. The Kier molecular flexibility index (Phi) is 4.55. The van der Waals surface area contributed by atoms with Crippen molar-refractivity contribution in [2.75, 3.05) is 13.1 Å². The first-order valence-corrected chi connectivity index (χ1v) is 8.21. The highest BCUT2D eigenvalue weighted by molar-refractivity contribution is 5.16. The van der Waals surface area contributed by atoms with Gasteiger partial charge in [0.1, 0.15) is 0 Å². The summed E-state index contributed by atoms with van der Waals surface area (Å²) in [5, 5.41) is 0. The quantitative estimate of drug-likeness (QED) is 0.778. The summed E-state index contributed by atoms with van der Waals surface area (Å²) in [6, 6.07) is 12.0. The Balaban J connectivity index is 1.71. The zero-order valence-corrected chi connectivity index (χ0v) is 12.1. The highest BCUT2D eigenvalue weighted by Crippen LogP contribution is 2.33. The fraction of sp³-hybridized carbons (Fsp3) is 0.667. The summed E-state index contributed by atoms with van der Waals surface area (Å²) in [4.78, 5) is 2.81. The lowest BCUT2D eigenvalue weighted by Crippen LogP contribution is -2.44. The molecule has 1 nitrogen and oxygen atoms in total. The summed E-state index contributed by atoms with van der Waals surface area (Å²) in [5.74, 6) is 0.957. The fourth-order valence-corrected chi connectivity index (χ4v) is 4.04. The molecular formula is C18H27N. The lowest BCUT2D eigenvalue weighted by Gasteiger charge is -2.38. The molecule has 3 rings (SSSR count). The van der Waals surface area contributed by atoms with Crippen molar-refractivity contribution in [3.8, 4) is 0 Å². The van der Waals surface area contributed by atoms with Crippen LogP contribution in [0.3, 0.4) is 0 Å². The average molecular weight is 257 g/mol. The molecule has 1 saturated carbocycles. The molecule has 0 spiro atoms. The van der Waals surface area contributed by atoms with Crippen LogP contribution in [0.1, 0.15) is 50.5 Å². The molecule has 0 N–H and O–H groups in total. The molecule has 1 aliphatic carbocycles. The number of rotatable bonds is 4. The van der Waals surface area contributed by atoms with E-state index in [-0.39, 0.29) is 0 Å². The van der Waals surface area contributed by atoms with Gasteiger partial charge in [0.05, 0.1) is 0 Å². The molecule has 0 aromatic heterocycles. The minimum Gasteiger partial charge on any atom is -0.300 e. The van der Waals surface area contributed by atoms with Gasteiger partial charge in [-0.15, -0.1) is 0 Å². The van der Waals surface area contributed by atoms with Crippen molar-refractivity contribution >= 4 is 0 Å². The van der Waals surface area contributed by atoms with Crippen molar-refractivity contribution in [2.24, 2.45) is 5.92 Å². The molecule has 1 aliphatic heterocycles. The van der Waals surface area contributed by atoms with Gasteiger partial charge in [-0.3, -0.25) is 4.90 Å². The van der Waals surface area contributed by atoms with Gasteiger partial charge in [0.25, 0.3) is 0 Å². The van der Waals surface area contributed by atoms with Crippen LogP contribution in [0.25, 0.3) is 0 Å². The topological polar surface area (TPSA) is 3.24 Å². The van der Waals surface area contributed by atoms with Crippen molar-refractivity contribution in [3.05, 3.63) is 35.9 Å². The SMILES string of the molecule is c1ccc(CC(C2CCCC2)N2CCCCC2)cc1. The molecule has 2 aliphatic rings. The van der Waals surface area contributed by atoms with E-state index in [4.69, 9.17) is 0 Å². The van der Waals surface area contributed by atoms with Gasteiger partial charge >= 0.3 is 0 Å². The lowest BCUT2D eigenvalue weighted by atomic mass is 9.89. The molecule has 1 unspecified atom stereocenters. The zero-order chi connectivity index (χ0) is 12.9. The summed E-state index contributed by atoms with van der Waals surface area (Å²) >= 11 is 0. The third kappa shape index (κ3) is 3.39. The Bertz CT molecular complexity index is 361. The van der Waals surface area contributed by atoms with Gasteiger partial charge in [-0.25, -0.2) is 0 Å². The molecule has 19 heavy (non-hydrogen) atoms. The third-order valence-corrected chi connectivity index (χ3v) is 5.09. The monoisotopic (exact) mass is 257 g/mol. The molecule has 1 atom stereocenters. The maximum absolute atomic E-state index is 2.81. The van der Waals surface area contributed by atoms with E-state index in [0.717, 1.165) is 12.0 Å². The molecule has 0 bridgehead atoms. The smallest absolute Gasteiger partial charge is 0.0164 e. The van der Waals surface area contributed by atoms with E-state index < -0.39 is 0 Å². The van der Waals surface area contributed by atoms with E-state index >= 15 is 0 Å². The first kappa shape index (κ1) is 13.2. The van der Waals surface area contributed by atoms with E-state index in [9.17, 15) is 0 Å². The maximum atomic E-state index is 2.81. The number of piperidine rings is 1. The van der Waals surface area contributed by atoms with Crippen LogP contribution in [0.5, 0.6) is 0 Å². The molecular weight excluding hydrogens is 230 g/mol. The zero-order valence-electron chi connectivity index (χ0n) is 12.1. The molecule has 1 aromatic rings. The van der Waals surface area contributed by atoms with E-state index in [1.807, 2.05) is 0 Å². The second-order valence-electron chi connectivity index (χ2n) is 6.40. The Morgan fingerprint density at radius 2 is 1.58 bits per heavy atom. The van der Waals surface area contributed by atoms with Crippen LogP contribution in [-0.4, -0.2) is 24.0 Å². The van der Waals surface area contributed by atoms with Gasteiger partial charge in [0, 0.05) is 6.04 Å². The summed E-state index contributed by atoms with van der Waals surface area (Å²) in [6.07, 6.45) is 11.4. The highest BCUT2D eigenvalue weighted by Gasteiger charge is 2.30. The van der Waals surface area contributed by atoms with Gasteiger partial charge < -0.3 is 0 Å². The van der Waals surface area contributed by atoms with Crippen LogP contribution in [0, 0.1) is 5.92 Å². The summed E-state index contributed by atoms with van der Waals surface area (Å²) in [6.45, 7) is 2.68. The minimum atomic E-state index is 0.810. The predicted octanol–water partition coefficient (Wildman–Crippen LogP) is 4.27. The Morgan fingerprint density at radius 1 is 0.895 bits per heavy atom. The molecule has 1 heteroatoms. The molecule has 1 saturated heterocycles. The Morgan fingerprint density at radius 3 is 2.26 bits per heavy atom. The van der Waals surface area contributed by atoms with Crippen molar-refractivity contribution in [1.29, 1.82) is 0 Å². The van der Waals surface area contributed by atoms with Crippen LogP contribution >= 0.6 is 0 Å². The number of benzene rings is 1. The van der Waals surface area contributed by atoms with E-state index in [1.165, 1.54) is 70.0 Å². The second kappa shape index (κ2) is 6.56. The predicted molar refractivity (Wildman–Crippen MR) is 81.3 cm³/mol. The van der Waals surface area contributed by atoms with Crippen molar-refractivity contribution < 1.29 is 0 Å². The van der Waals surface area contributed by atoms with Crippen LogP contribution in [0.2, 0.25) is 0 Å². The van der Waals surface area contributed by atoms with Crippen molar-refractivity contribution in [1.82, 2.24) is 4.90 Å². The average Bonchev–Trinajstić information content (AvgIpc) is 3.01. The summed E-state index contributed by atoms with van der Waals surface area (Å²) in [7, 11) is 0. The Labute approximate surface area is 118 Å². The molecule has 2 fully saturated rings. The highest BCUT2D eigenvalue weighted by atomic mass is 15.2. The van der Waals surface area contributed by atoms with Crippen LogP contribution in [0.4, 0.5) is 0 Å². The van der Waals surface area contributed by atoms with Gasteiger partial charge in [0.2, 0.25) is 0 Å². The molecule has 1 heterocycles. The standard InChI is InChI=1S/C18H27N/c1-3-9-16(10-4-1)15-18(17-11-5-6-12-17)19-13-7-2-8-14-19/h1,3-4,9-10,17-18H,2,5-8,11-15H2. The minimum absolute atomic E-state index is 0.810. The van der Waals surface area contributed by atoms with Gasteiger partial charge in [-0.05, 0) is 56.7 Å². The van der Waals surface area contributed by atoms with Crippen LogP contribution in [-0.2, 0) is 6.42 Å². The van der Waals surface area contributed by atoms with E-state index in [1.54, 1.807) is 0 Å². The van der Waals surface area contributed by atoms with E-state index in [2.05, 4.69) is 35.2 Å². The first-order valence-electron chi connectivity index (χ1n) is 8.21. The number of hydrogen-bond donors (Lipinski definition) is 0.